The highest BCUT2D eigenvalue weighted by molar-refractivity contribution is 5.26. The van der Waals surface area contributed by atoms with Gasteiger partial charge >= 0.3 is 0 Å². The zero-order chi connectivity index (χ0) is 11.4. The molecule has 0 saturated carbocycles. The zero-order valence-corrected chi connectivity index (χ0v) is 9.90. The van der Waals surface area contributed by atoms with Crippen molar-refractivity contribution in [3.8, 4) is 0 Å². The summed E-state index contributed by atoms with van der Waals surface area (Å²) in [5, 5.41) is 3.33. The molecule has 2 unspecified atom stereocenters. The summed E-state index contributed by atoms with van der Waals surface area (Å²) in [6.45, 7) is 4.70. The van der Waals surface area contributed by atoms with Gasteiger partial charge in [0.1, 0.15) is 0 Å². The summed E-state index contributed by atoms with van der Waals surface area (Å²) >= 11 is 0. The molecule has 88 valence electrons. The van der Waals surface area contributed by atoms with Gasteiger partial charge in [0.25, 0.3) is 0 Å². The molecule has 3 heteroatoms. The average Bonchev–Trinajstić information content (AvgIpc) is 2.39. The first-order valence-electron chi connectivity index (χ1n) is 5.76. The molecule has 2 atom stereocenters. The Morgan fingerprint density at radius 2 is 2.12 bits per heavy atom. The van der Waals surface area contributed by atoms with Gasteiger partial charge < -0.3 is 14.8 Å². The maximum absolute atomic E-state index is 5.70. The Hall–Kier alpha value is -0.900. The molecule has 0 aromatic heterocycles. The molecule has 1 saturated heterocycles. The highest BCUT2D eigenvalue weighted by Gasteiger charge is 2.15. The van der Waals surface area contributed by atoms with Crippen LogP contribution in [-0.4, -0.2) is 26.8 Å². The van der Waals surface area contributed by atoms with Crippen molar-refractivity contribution < 1.29 is 9.47 Å². The fraction of sp³-hybridized carbons (Fsp3) is 0.538. The molecule has 1 aromatic rings. The van der Waals surface area contributed by atoms with Crippen LogP contribution in [0.15, 0.2) is 24.3 Å². The lowest BCUT2D eigenvalue weighted by atomic mass is 10.0. The van der Waals surface area contributed by atoms with E-state index in [-0.39, 0.29) is 12.2 Å². The van der Waals surface area contributed by atoms with E-state index in [1.54, 1.807) is 7.11 Å². The quantitative estimate of drug-likeness (QED) is 0.847. The SMILES string of the molecule is COC(C)c1ccc(C2CNCCO2)cc1. The third-order valence-electron chi connectivity index (χ3n) is 3.06. The molecule has 1 aromatic carbocycles. The van der Waals surface area contributed by atoms with Crippen LogP contribution in [0.25, 0.3) is 0 Å². The lowest BCUT2D eigenvalue weighted by Crippen LogP contribution is -2.33. The maximum Gasteiger partial charge on any atom is 0.0949 e. The Bertz CT molecular complexity index is 317. The van der Waals surface area contributed by atoms with Crippen LogP contribution < -0.4 is 5.32 Å². The van der Waals surface area contributed by atoms with Crippen LogP contribution in [0.3, 0.4) is 0 Å². The number of methoxy groups -OCH3 is 1. The maximum atomic E-state index is 5.70. The number of rotatable bonds is 3. The van der Waals surface area contributed by atoms with E-state index in [1.807, 2.05) is 6.92 Å². The molecule has 0 radical (unpaired) electrons. The van der Waals surface area contributed by atoms with Crippen LogP contribution in [0, 0.1) is 0 Å². The molecular formula is C13H19NO2. The van der Waals surface area contributed by atoms with Gasteiger partial charge in [-0.15, -0.1) is 0 Å². The van der Waals surface area contributed by atoms with E-state index in [0.29, 0.717) is 0 Å². The predicted molar refractivity (Wildman–Crippen MR) is 63.4 cm³/mol. The van der Waals surface area contributed by atoms with Gasteiger partial charge in [-0.2, -0.15) is 0 Å². The van der Waals surface area contributed by atoms with Gasteiger partial charge in [0, 0.05) is 20.2 Å². The largest absolute Gasteiger partial charge is 0.377 e. The fourth-order valence-corrected chi connectivity index (χ4v) is 1.90. The first-order chi connectivity index (χ1) is 7.81. The van der Waals surface area contributed by atoms with Gasteiger partial charge in [-0.25, -0.2) is 0 Å². The first kappa shape index (κ1) is 11.6. The highest BCUT2D eigenvalue weighted by atomic mass is 16.5. The number of nitrogens with one attached hydrogen (secondary N) is 1. The summed E-state index contributed by atoms with van der Waals surface area (Å²) in [5.74, 6) is 0. The summed E-state index contributed by atoms with van der Waals surface area (Å²) in [5.41, 5.74) is 2.44. The van der Waals surface area contributed by atoms with E-state index in [0.717, 1.165) is 19.7 Å². The second-order valence-electron chi connectivity index (χ2n) is 4.11. The molecule has 1 fully saturated rings. The van der Waals surface area contributed by atoms with Crippen molar-refractivity contribution in [3.63, 3.8) is 0 Å². The van der Waals surface area contributed by atoms with Crippen molar-refractivity contribution >= 4 is 0 Å². The molecule has 0 bridgehead atoms. The van der Waals surface area contributed by atoms with Gasteiger partial charge in [0.05, 0.1) is 18.8 Å². The highest BCUT2D eigenvalue weighted by Crippen LogP contribution is 2.22. The van der Waals surface area contributed by atoms with E-state index < -0.39 is 0 Å². The zero-order valence-electron chi connectivity index (χ0n) is 9.90. The van der Waals surface area contributed by atoms with E-state index in [9.17, 15) is 0 Å². The molecule has 0 aliphatic carbocycles. The van der Waals surface area contributed by atoms with Crippen LogP contribution >= 0.6 is 0 Å². The topological polar surface area (TPSA) is 30.5 Å². The van der Waals surface area contributed by atoms with Crippen LogP contribution in [0.5, 0.6) is 0 Å². The Morgan fingerprint density at radius 3 is 2.69 bits per heavy atom. The minimum absolute atomic E-state index is 0.152. The summed E-state index contributed by atoms with van der Waals surface area (Å²) < 4.78 is 11.0. The molecule has 0 spiro atoms. The molecule has 1 aliphatic rings. The summed E-state index contributed by atoms with van der Waals surface area (Å²) in [4.78, 5) is 0. The molecule has 1 aliphatic heterocycles. The molecule has 16 heavy (non-hydrogen) atoms. The normalized spacial score (nSPS) is 23.0. The first-order valence-corrected chi connectivity index (χ1v) is 5.76. The number of benzene rings is 1. The average molecular weight is 221 g/mol. The Kier molecular flexibility index (Phi) is 3.93. The third kappa shape index (κ3) is 2.61. The fourth-order valence-electron chi connectivity index (χ4n) is 1.90. The van der Waals surface area contributed by atoms with Crippen molar-refractivity contribution in [1.82, 2.24) is 5.32 Å². The van der Waals surface area contributed by atoms with E-state index in [4.69, 9.17) is 9.47 Å². The summed E-state index contributed by atoms with van der Waals surface area (Å²) in [6, 6.07) is 8.48. The summed E-state index contributed by atoms with van der Waals surface area (Å²) in [7, 11) is 1.73. The van der Waals surface area contributed by atoms with Gasteiger partial charge in [0.2, 0.25) is 0 Å². The molecule has 1 N–H and O–H groups in total. The molecule has 3 nitrogen and oxygen atoms in total. The Morgan fingerprint density at radius 1 is 1.38 bits per heavy atom. The molecule has 2 rings (SSSR count). The van der Waals surface area contributed by atoms with Crippen molar-refractivity contribution in [2.45, 2.75) is 19.1 Å². The smallest absolute Gasteiger partial charge is 0.0949 e. The Balaban J connectivity index is 2.06. The molecule has 1 heterocycles. The second kappa shape index (κ2) is 5.43. The van der Waals surface area contributed by atoms with E-state index in [2.05, 4.69) is 29.6 Å². The Labute approximate surface area is 96.8 Å². The minimum atomic E-state index is 0.152. The monoisotopic (exact) mass is 221 g/mol. The predicted octanol–water partition coefficient (Wildman–Crippen LogP) is 2.05. The summed E-state index contributed by atoms with van der Waals surface area (Å²) in [6.07, 6.45) is 0.347. The van der Waals surface area contributed by atoms with Gasteiger partial charge in [-0.3, -0.25) is 0 Å². The lowest BCUT2D eigenvalue weighted by Gasteiger charge is -2.24. The molecule has 0 amide bonds. The van der Waals surface area contributed by atoms with Crippen molar-refractivity contribution in [3.05, 3.63) is 35.4 Å². The minimum Gasteiger partial charge on any atom is -0.377 e. The van der Waals surface area contributed by atoms with Crippen molar-refractivity contribution in [1.29, 1.82) is 0 Å². The van der Waals surface area contributed by atoms with E-state index >= 15 is 0 Å². The number of morpholine rings is 1. The standard InChI is InChI=1S/C13H19NO2/c1-10(15-2)11-3-5-12(6-4-11)13-9-14-7-8-16-13/h3-6,10,13-14H,7-9H2,1-2H3. The number of hydrogen-bond donors (Lipinski definition) is 1. The van der Waals surface area contributed by atoms with Crippen LogP contribution in [0.1, 0.15) is 30.3 Å². The van der Waals surface area contributed by atoms with Gasteiger partial charge in [-0.1, -0.05) is 24.3 Å². The van der Waals surface area contributed by atoms with Crippen LogP contribution in [-0.2, 0) is 9.47 Å². The lowest BCUT2D eigenvalue weighted by molar-refractivity contribution is 0.0276. The third-order valence-corrected chi connectivity index (χ3v) is 3.06. The van der Waals surface area contributed by atoms with Crippen LogP contribution in [0.2, 0.25) is 0 Å². The van der Waals surface area contributed by atoms with Crippen LogP contribution in [0.4, 0.5) is 0 Å². The second-order valence-corrected chi connectivity index (χ2v) is 4.11. The van der Waals surface area contributed by atoms with Crippen molar-refractivity contribution in [2.24, 2.45) is 0 Å². The number of ether oxygens (including phenoxy) is 2. The molecular weight excluding hydrogens is 202 g/mol. The number of hydrogen-bond acceptors (Lipinski definition) is 3. The van der Waals surface area contributed by atoms with Gasteiger partial charge in [-0.05, 0) is 18.1 Å². The van der Waals surface area contributed by atoms with E-state index in [1.165, 1.54) is 11.1 Å². The van der Waals surface area contributed by atoms with Gasteiger partial charge in [0.15, 0.2) is 0 Å². The van der Waals surface area contributed by atoms with Crippen molar-refractivity contribution in [2.75, 3.05) is 26.8 Å².